The Hall–Kier alpha value is 2.86. The summed E-state index contributed by atoms with van der Waals surface area (Å²) < 4.78 is 43.6. The molecule has 0 heterocycles. The molecule has 1 atom stereocenters. The van der Waals surface area contributed by atoms with E-state index in [1.165, 1.54) is 0 Å². The van der Waals surface area contributed by atoms with Crippen molar-refractivity contribution in [2.45, 2.75) is 0 Å². The van der Waals surface area contributed by atoms with Gasteiger partial charge in [-0.2, -0.15) is 0 Å². The molecule has 0 fully saturated rings. The van der Waals surface area contributed by atoms with Gasteiger partial charge >= 0.3 is 88.7 Å². The molecule has 1 unspecified atom stereocenters. The van der Waals surface area contributed by atoms with E-state index in [9.17, 15) is 0 Å². The van der Waals surface area contributed by atoms with Crippen molar-refractivity contribution >= 4 is 22.4 Å². The second-order valence-electron chi connectivity index (χ2n) is 0.637. The maximum absolute atomic E-state index is 9.12. The minimum Gasteiger partial charge on any atom is -0.784 e. The maximum Gasteiger partial charge on any atom is 1.00 e. The summed E-state index contributed by atoms with van der Waals surface area (Å²) in [7, 11) is 0. The van der Waals surface area contributed by atoms with Crippen molar-refractivity contribution in [3.8, 4) is 0 Å². The molecule has 13 nitrogen and oxygen atoms in total. The van der Waals surface area contributed by atoms with Crippen LogP contribution in [0.5, 0.6) is 0 Å². The van der Waals surface area contributed by atoms with E-state index in [4.69, 9.17) is 27.2 Å². The third-order valence-corrected chi connectivity index (χ3v) is 0.316. The summed E-state index contributed by atoms with van der Waals surface area (Å²) in [6.07, 6.45) is 0. The first-order chi connectivity index (χ1) is 4.00. The largest absolute Gasteiger partial charge is 1.00 e. The number of hydrogen-bond acceptors (Lipinski definition) is 6. The van der Waals surface area contributed by atoms with E-state index in [1.54, 1.807) is 0 Å². The van der Waals surface area contributed by atoms with Gasteiger partial charge in [-0.3, -0.25) is 8.42 Å². The smallest absolute Gasteiger partial charge is 0.784 e. The van der Waals surface area contributed by atoms with Crippen LogP contribution in [-0.4, -0.2) is 71.5 Å². The van der Waals surface area contributed by atoms with Gasteiger partial charge in [0.15, 0.2) is 0 Å². The first kappa shape index (κ1) is 97.8. The minimum absolute atomic E-state index is 0. The molecule has 0 bridgehead atoms. The van der Waals surface area contributed by atoms with Crippen LogP contribution in [0.4, 0.5) is 0 Å². The summed E-state index contributed by atoms with van der Waals surface area (Å²) in [6.45, 7) is 0. The van der Waals surface area contributed by atoms with E-state index in [0.717, 1.165) is 0 Å². The van der Waals surface area contributed by atoms with E-state index < -0.39 is 28.4 Å². The van der Waals surface area contributed by atoms with Crippen molar-refractivity contribution in [3.05, 3.63) is 0 Å². The van der Waals surface area contributed by atoms with Crippen LogP contribution >= 0.6 is 0 Å². The molecule has 0 rings (SSSR count). The predicted molar refractivity (Wildman–Crippen MR) is 51.0 cm³/mol. The topological polar surface area (TPSA) is 344 Å². The Morgan fingerprint density at radius 1 is 0.684 bits per heavy atom. The van der Waals surface area contributed by atoms with Crippen LogP contribution in [0.3, 0.4) is 0 Å². The van der Waals surface area contributed by atoms with E-state index >= 15 is 0 Å². The van der Waals surface area contributed by atoms with Crippen molar-refractivity contribution in [3.63, 3.8) is 0 Å². The van der Waals surface area contributed by atoms with E-state index in [1.807, 2.05) is 0 Å². The van der Waals surface area contributed by atoms with Crippen molar-refractivity contribution in [2.75, 3.05) is 5.94 Å². The summed E-state index contributed by atoms with van der Waals surface area (Å²) >= 11 is -5.38. The molecule has 114 valence electrons. The number of hydrogen-bond donors (Lipinski definition) is 1. The third kappa shape index (κ3) is 314. The predicted octanol–water partition coefficient (Wildman–Crippen LogP) is -16.9. The fourth-order valence-corrected chi connectivity index (χ4v) is 0. The Morgan fingerprint density at radius 2 is 0.737 bits per heavy atom. The number of aliphatic hydroxyl groups is 1. The molecule has 0 amide bonds. The fourth-order valence-electron chi connectivity index (χ4n) is 0. The molecule has 0 aliphatic rings. The Kier molecular flexibility index (Phi) is 436. The van der Waals surface area contributed by atoms with Gasteiger partial charge in [0.05, 0.1) is 0 Å². The van der Waals surface area contributed by atoms with Crippen LogP contribution in [0.25, 0.3) is 0 Å². The molecule has 0 aliphatic heterocycles. The average Bonchev–Trinajstić information content (AvgIpc) is 1.65. The van der Waals surface area contributed by atoms with E-state index in [0.29, 0.717) is 0 Å². The van der Waals surface area contributed by atoms with E-state index in [-0.39, 0.29) is 127 Å². The molecule has 0 aromatic heterocycles. The van der Waals surface area contributed by atoms with Gasteiger partial charge in [0.1, 0.15) is 5.94 Å². The molecular formula is CH17Na3O13S2. The second kappa shape index (κ2) is 84.6. The molecule has 19 heavy (non-hydrogen) atoms. The van der Waals surface area contributed by atoms with Gasteiger partial charge in [0.25, 0.3) is 0 Å². The van der Waals surface area contributed by atoms with Crippen molar-refractivity contribution in [1.82, 2.24) is 0 Å². The Balaban J connectivity index is -0.00000000340. The summed E-state index contributed by atoms with van der Waals surface area (Å²) in [6, 6.07) is 0. The zero-order valence-corrected chi connectivity index (χ0v) is 18.1. The molecule has 0 radical (unpaired) electrons. The van der Waals surface area contributed by atoms with Crippen molar-refractivity contribution in [2.24, 2.45) is 0 Å². The maximum atomic E-state index is 9.12. The van der Waals surface area contributed by atoms with Crippen LogP contribution in [0.15, 0.2) is 0 Å². The van der Waals surface area contributed by atoms with Crippen molar-refractivity contribution < 1.29 is 154 Å². The fraction of sp³-hybridized carbons (Fsp3) is 1.00. The average molecular weight is 370 g/mol. The van der Waals surface area contributed by atoms with Gasteiger partial charge in [0.2, 0.25) is 0 Å². The molecule has 0 saturated carbocycles. The standard InChI is InChI=1S/CH4O3S.3Na.H2O3S.7H2O/c2-1-5(3)4;;;;1-4(2)3;;;;;;;/h2H,1H2,(H,3,4);;;;(H2,1,2,3);7*1H2/q;3*+1;;;;;;;;/p-3. The molecule has 0 spiro atoms. The molecular weight excluding hydrogens is 353 g/mol. The zero-order valence-electron chi connectivity index (χ0n) is 10.5. The normalized spacial score (nSPS) is 5.74. The van der Waals surface area contributed by atoms with Crippen LogP contribution < -0.4 is 88.7 Å². The van der Waals surface area contributed by atoms with Gasteiger partial charge in [-0.25, -0.2) is 0 Å². The number of aliphatic hydroxyl groups excluding tert-OH is 1. The summed E-state index contributed by atoms with van der Waals surface area (Å²) in [5.41, 5.74) is 0. The molecule has 0 aromatic rings. The second-order valence-corrected chi connectivity index (χ2v) is 1.91. The molecule has 0 aromatic carbocycles. The Bertz CT molecular complexity index is 110. The quantitative estimate of drug-likeness (QED) is 0.344. The third-order valence-electron chi connectivity index (χ3n) is 0.105. The molecule has 15 N–H and O–H groups in total. The van der Waals surface area contributed by atoms with Gasteiger partial charge < -0.3 is 57.1 Å². The molecule has 0 saturated heterocycles. The monoisotopic (exact) mass is 370 g/mol. The molecule has 0 aliphatic carbocycles. The zero-order chi connectivity index (χ0) is 7.86. The minimum atomic E-state index is -3.11. The van der Waals surface area contributed by atoms with Crippen LogP contribution in [0.1, 0.15) is 0 Å². The van der Waals surface area contributed by atoms with Gasteiger partial charge in [-0.15, -0.1) is 11.4 Å². The van der Waals surface area contributed by atoms with Crippen LogP contribution in [0.2, 0.25) is 0 Å². The van der Waals surface area contributed by atoms with Gasteiger partial charge in [-0.1, -0.05) is 0 Å². The van der Waals surface area contributed by atoms with Crippen LogP contribution in [-0.2, 0) is 22.4 Å². The van der Waals surface area contributed by atoms with Crippen molar-refractivity contribution in [1.29, 1.82) is 0 Å². The first-order valence-electron chi connectivity index (χ1n) is 1.44. The van der Waals surface area contributed by atoms with E-state index in [2.05, 4.69) is 0 Å². The first-order valence-corrected chi connectivity index (χ1v) is 3.68. The Labute approximate surface area is 180 Å². The summed E-state index contributed by atoms with van der Waals surface area (Å²) in [5, 5.41) is 7.53. The molecule has 18 heteroatoms. The van der Waals surface area contributed by atoms with Crippen LogP contribution in [0, 0.1) is 0 Å². The number of rotatable bonds is 1. The SMILES string of the molecule is O.O.O.O.O.O.O.O=S([O-])CO.O=S([O-])[O-].[Na+].[Na+].[Na+]. The van der Waals surface area contributed by atoms with Gasteiger partial charge in [-0.05, 0) is 11.1 Å². The summed E-state index contributed by atoms with van der Waals surface area (Å²) in [5.74, 6) is -0.778. The summed E-state index contributed by atoms with van der Waals surface area (Å²) in [4.78, 5) is 0. The Morgan fingerprint density at radius 3 is 0.737 bits per heavy atom. The van der Waals surface area contributed by atoms with Gasteiger partial charge in [0, 0.05) is 0 Å².